The predicted octanol–water partition coefficient (Wildman–Crippen LogP) is 0.526. The molecule has 0 saturated heterocycles. The van der Waals surface area contributed by atoms with Crippen LogP contribution in [0.25, 0.3) is 0 Å². The maximum atomic E-state index is 12.8. The van der Waals surface area contributed by atoms with Gasteiger partial charge in [0.1, 0.15) is 20.2 Å². The number of rotatable bonds is 5. The summed E-state index contributed by atoms with van der Waals surface area (Å²) in [5.41, 5.74) is 0. The summed E-state index contributed by atoms with van der Waals surface area (Å²) in [6.45, 7) is 5.06. The van der Waals surface area contributed by atoms with Crippen LogP contribution in [0.15, 0.2) is 0 Å². The molecule has 0 fully saturated rings. The van der Waals surface area contributed by atoms with Crippen LogP contribution in [0.5, 0.6) is 0 Å². The molecular formula is C5H19F3O2Si4. The number of hydrogen-bond donors (Lipinski definition) is 0. The standard InChI is InChI=1S/C4H11F3OSi2.CH8OSi2/c1-3-4-10(2,7)8-9(5)6;1-4-2-3/h9H,3-4H2,1-2H3;4H2,1,3H3. The quantitative estimate of drug-likeness (QED) is 0.540. The van der Waals surface area contributed by atoms with E-state index >= 15 is 0 Å². The zero-order chi connectivity index (χ0) is 11.6. The molecule has 0 aliphatic rings. The molecule has 9 heteroatoms. The highest BCUT2D eigenvalue weighted by Gasteiger charge is 2.33. The highest BCUT2D eigenvalue weighted by molar-refractivity contribution is 6.71. The van der Waals surface area contributed by atoms with Gasteiger partial charge in [0.25, 0.3) is 0 Å². The van der Waals surface area contributed by atoms with Gasteiger partial charge in [-0.2, -0.15) is 0 Å². The van der Waals surface area contributed by atoms with E-state index in [-0.39, 0.29) is 15.8 Å². The lowest BCUT2D eigenvalue weighted by atomic mass is 10.6. The highest BCUT2D eigenvalue weighted by Crippen LogP contribution is 2.16. The van der Waals surface area contributed by atoms with E-state index in [9.17, 15) is 12.3 Å². The molecule has 88 valence electrons. The van der Waals surface area contributed by atoms with Crippen LogP contribution >= 0.6 is 0 Å². The van der Waals surface area contributed by atoms with E-state index < -0.39 is 18.4 Å². The summed E-state index contributed by atoms with van der Waals surface area (Å²) in [4.78, 5) is 0. The van der Waals surface area contributed by atoms with Crippen LogP contribution < -0.4 is 0 Å². The first-order valence-electron chi connectivity index (χ1n) is 4.53. The average molecular weight is 281 g/mol. The van der Waals surface area contributed by atoms with Gasteiger partial charge in [0.2, 0.25) is 0 Å². The summed E-state index contributed by atoms with van der Waals surface area (Å²) < 4.78 is 44.7. The summed E-state index contributed by atoms with van der Waals surface area (Å²) in [7, 11) is -6.66. The molecule has 0 N–H and O–H groups in total. The Labute approximate surface area is 92.0 Å². The molecule has 0 heterocycles. The van der Waals surface area contributed by atoms with Gasteiger partial charge in [-0.3, -0.25) is 4.11 Å². The van der Waals surface area contributed by atoms with Crippen LogP contribution in [0.2, 0.25) is 19.1 Å². The van der Waals surface area contributed by atoms with Gasteiger partial charge in [-0.1, -0.05) is 19.9 Å². The molecule has 0 aliphatic carbocycles. The molecule has 0 rings (SSSR count). The van der Waals surface area contributed by atoms with Gasteiger partial charge in [-0.15, -0.1) is 0 Å². The van der Waals surface area contributed by atoms with Crippen molar-refractivity contribution < 1.29 is 20.6 Å². The van der Waals surface area contributed by atoms with Crippen molar-refractivity contribution in [1.29, 1.82) is 0 Å². The fraction of sp³-hybridized carbons (Fsp3) is 1.00. The van der Waals surface area contributed by atoms with Crippen LogP contribution in [0.3, 0.4) is 0 Å². The first-order valence-corrected chi connectivity index (χ1v) is 11.2. The third-order valence-corrected chi connectivity index (χ3v) is 7.70. The van der Waals surface area contributed by atoms with Crippen LogP contribution in [-0.2, 0) is 8.23 Å². The monoisotopic (exact) mass is 280 g/mol. The Balaban J connectivity index is 0. The molecule has 0 aromatic heterocycles. The van der Waals surface area contributed by atoms with Crippen molar-refractivity contribution in [3.05, 3.63) is 0 Å². The van der Waals surface area contributed by atoms with Crippen molar-refractivity contribution in [3.8, 4) is 0 Å². The largest absolute Gasteiger partial charge is 0.553 e. The van der Waals surface area contributed by atoms with Crippen LogP contribution in [0.4, 0.5) is 12.3 Å². The molecule has 0 saturated carbocycles. The van der Waals surface area contributed by atoms with Crippen molar-refractivity contribution in [3.63, 3.8) is 0 Å². The Morgan fingerprint density at radius 3 is 2.14 bits per heavy atom. The first kappa shape index (κ1) is 17.0. The zero-order valence-corrected chi connectivity index (χ0v) is 14.7. The van der Waals surface area contributed by atoms with Gasteiger partial charge in [-0.25, -0.2) is 8.22 Å². The van der Waals surface area contributed by atoms with E-state index in [4.69, 9.17) is 4.12 Å². The highest BCUT2D eigenvalue weighted by atomic mass is 28.5. The minimum absolute atomic E-state index is 0.0139. The Morgan fingerprint density at radius 1 is 1.50 bits per heavy atom. The van der Waals surface area contributed by atoms with E-state index in [0.717, 1.165) is 10.5 Å². The van der Waals surface area contributed by atoms with Crippen LogP contribution in [-0.4, -0.2) is 38.6 Å². The summed E-state index contributed by atoms with van der Waals surface area (Å²) in [5, 5.41) is 0. The molecule has 0 aromatic rings. The predicted molar refractivity (Wildman–Crippen MR) is 63.7 cm³/mol. The lowest BCUT2D eigenvalue weighted by molar-refractivity contribution is 0.377. The minimum atomic E-state index is -4.14. The second-order valence-corrected chi connectivity index (χ2v) is 9.86. The maximum Gasteiger partial charge on any atom is 0.553 e. The fourth-order valence-corrected chi connectivity index (χ4v) is 3.54. The minimum Gasteiger partial charge on any atom is -0.468 e. The maximum absolute atomic E-state index is 12.8. The van der Waals surface area contributed by atoms with Gasteiger partial charge >= 0.3 is 18.4 Å². The SMILES string of the molecule is CCC[Si](C)(F)O[SiH](F)F.C[SiH2]O[SiH3]. The van der Waals surface area contributed by atoms with Gasteiger partial charge < -0.3 is 8.23 Å². The van der Waals surface area contributed by atoms with Gasteiger partial charge in [-0.05, 0) is 12.6 Å². The Morgan fingerprint density at radius 2 is 1.93 bits per heavy atom. The van der Waals surface area contributed by atoms with Gasteiger partial charge in [0.05, 0.1) is 0 Å². The molecule has 0 aromatic carbocycles. The molecular weight excluding hydrogens is 261 g/mol. The van der Waals surface area contributed by atoms with Gasteiger partial charge in [0, 0.05) is 0 Å². The Kier molecular flexibility index (Phi) is 12.3. The van der Waals surface area contributed by atoms with E-state index in [2.05, 4.69) is 10.7 Å². The molecule has 0 radical (unpaired) electrons. The van der Waals surface area contributed by atoms with Crippen molar-refractivity contribution in [2.45, 2.75) is 32.5 Å². The van der Waals surface area contributed by atoms with Crippen LogP contribution in [0, 0.1) is 0 Å². The smallest absolute Gasteiger partial charge is 0.468 e. The van der Waals surface area contributed by atoms with E-state index in [1.54, 1.807) is 6.92 Å². The van der Waals surface area contributed by atoms with Crippen LogP contribution in [0.1, 0.15) is 13.3 Å². The molecule has 0 aliphatic heterocycles. The number of halogens is 3. The third kappa shape index (κ3) is 15.1. The van der Waals surface area contributed by atoms with Crippen molar-refractivity contribution in [2.24, 2.45) is 0 Å². The average Bonchev–Trinajstić information content (AvgIpc) is 2.02. The molecule has 1 unspecified atom stereocenters. The Bertz CT molecular complexity index is 126. The molecule has 1 atom stereocenters. The van der Waals surface area contributed by atoms with E-state index in [1.807, 2.05) is 0 Å². The van der Waals surface area contributed by atoms with Crippen molar-refractivity contribution >= 4 is 38.6 Å². The second kappa shape index (κ2) is 10.1. The molecule has 0 bridgehead atoms. The molecule has 2 nitrogen and oxygen atoms in total. The second-order valence-electron chi connectivity index (χ2n) is 2.81. The zero-order valence-electron chi connectivity index (χ0n) is 9.15. The van der Waals surface area contributed by atoms with Crippen molar-refractivity contribution in [2.75, 3.05) is 0 Å². The molecule has 0 spiro atoms. The lowest BCUT2D eigenvalue weighted by Crippen LogP contribution is -2.32. The summed E-state index contributed by atoms with van der Waals surface area (Å²) in [6.07, 6.45) is 0.570. The normalized spacial score (nSPS) is 15.6. The van der Waals surface area contributed by atoms with Gasteiger partial charge in [0.15, 0.2) is 0 Å². The topological polar surface area (TPSA) is 18.5 Å². The fourth-order valence-electron chi connectivity index (χ4n) is 0.691. The summed E-state index contributed by atoms with van der Waals surface area (Å²) in [5.74, 6) is 0. The number of hydrogen-bond acceptors (Lipinski definition) is 2. The third-order valence-electron chi connectivity index (χ3n) is 1.32. The van der Waals surface area contributed by atoms with E-state index in [0.29, 0.717) is 6.42 Å². The van der Waals surface area contributed by atoms with Crippen molar-refractivity contribution in [1.82, 2.24) is 0 Å². The first-order chi connectivity index (χ1) is 6.39. The molecule has 0 amide bonds. The Hall–Kier alpha value is 0.578. The summed E-state index contributed by atoms with van der Waals surface area (Å²) >= 11 is 0. The molecule has 14 heavy (non-hydrogen) atoms. The summed E-state index contributed by atoms with van der Waals surface area (Å²) in [6, 6.07) is 0.171. The van der Waals surface area contributed by atoms with E-state index in [1.165, 1.54) is 6.55 Å². The lowest BCUT2D eigenvalue weighted by Gasteiger charge is -2.15.